The summed E-state index contributed by atoms with van der Waals surface area (Å²) in [5.74, 6) is 1.34. The van der Waals surface area contributed by atoms with E-state index in [1.54, 1.807) is 0 Å². The summed E-state index contributed by atoms with van der Waals surface area (Å²) in [6.45, 7) is 14.9. The van der Waals surface area contributed by atoms with Gasteiger partial charge in [-0.15, -0.1) is 0 Å². The smallest absolute Gasteiger partial charge is 0.0164 e. The minimum Gasteiger partial charge on any atom is -0.313 e. The van der Waals surface area contributed by atoms with Gasteiger partial charge in [-0.3, -0.25) is 0 Å². The van der Waals surface area contributed by atoms with Crippen molar-refractivity contribution < 1.29 is 0 Å². The standard InChI is InChI=1S/C10H21N/c1-6-11-7-9(4)10(5)8(2)3/h8,10-11H,4,6-7H2,1-3,5H3. The van der Waals surface area contributed by atoms with Crippen LogP contribution in [0.1, 0.15) is 27.7 Å². The molecule has 0 saturated heterocycles. The van der Waals surface area contributed by atoms with Crippen LogP contribution < -0.4 is 5.32 Å². The fraction of sp³-hybridized carbons (Fsp3) is 0.800. The van der Waals surface area contributed by atoms with Crippen LogP contribution in [-0.2, 0) is 0 Å². The van der Waals surface area contributed by atoms with E-state index < -0.39 is 0 Å². The molecule has 11 heavy (non-hydrogen) atoms. The molecule has 0 fully saturated rings. The second-order valence-electron chi connectivity index (χ2n) is 3.47. The lowest BCUT2D eigenvalue weighted by molar-refractivity contribution is 0.468. The molecule has 0 radical (unpaired) electrons. The van der Waals surface area contributed by atoms with Crippen molar-refractivity contribution in [3.05, 3.63) is 12.2 Å². The van der Waals surface area contributed by atoms with Gasteiger partial charge in [-0.25, -0.2) is 0 Å². The van der Waals surface area contributed by atoms with Gasteiger partial charge >= 0.3 is 0 Å². The molecule has 0 heterocycles. The van der Waals surface area contributed by atoms with Crippen molar-refractivity contribution in [2.24, 2.45) is 11.8 Å². The van der Waals surface area contributed by atoms with E-state index in [0.29, 0.717) is 11.8 Å². The fourth-order valence-electron chi connectivity index (χ4n) is 0.918. The lowest BCUT2D eigenvalue weighted by atomic mass is 9.91. The molecule has 1 heteroatoms. The van der Waals surface area contributed by atoms with Gasteiger partial charge in [0, 0.05) is 6.54 Å². The van der Waals surface area contributed by atoms with Gasteiger partial charge in [0.25, 0.3) is 0 Å². The second kappa shape index (κ2) is 5.36. The van der Waals surface area contributed by atoms with Crippen LogP contribution in [0.5, 0.6) is 0 Å². The molecule has 0 aliphatic heterocycles. The van der Waals surface area contributed by atoms with Crippen LogP contribution in [0, 0.1) is 11.8 Å². The number of hydrogen-bond acceptors (Lipinski definition) is 1. The Kier molecular flexibility index (Phi) is 5.22. The van der Waals surface area contributed by atoms with Crippen LogP contribution in [0.2, 0.25) is 0 Å². The van der Waals surface area contributed by atoms with Gasteiger partial charge in [-0.2, -0.15) is 0 Å². The molecule has 0 rings (SSSR count). The summed E-state index contributed by atoms with van der Waals surface area (Å²) in [5, 5.41) is 3.28. The quantitative estimate of drug-likeness (QED) is 0.601. The van der Waals surface area contributed by atoms with Crippen molar-refractivity contribution in [1.82, 2.24) is 5.32 Å². The molecule has 1 atom stereocenters. The van der Waals surface area contributed by atoms with Gasteiger partial charge in [0.15, 0.2) is 0 Å². The topological polar surface area (TPSA) is 12.0 Å². The summed E-state index contributed by atoms with van der Waals surface area (Å²) in [7, 11) is 0. The maximum Gasteiger partial charge on any atom is 0.0164 e. The molecule has 0 aromatic carbocycles. The van der Waals surface area contributed by atoms with E-state index in [9.17, 15) is 0 Å². The first-order valence-corrected chi connectivity index (χ1v) is 4.48. The highest BCUT2D eigenvalue weighted by Gasteiger charge is 2.09. The zero-order valence-corrected chi connectivity index (χ0v) is 8.28. The Morgan fingerprint density at radius 3 is 2.27 bits per heavy atom. The molecule has 0 aliphatic carbocycles. The van der Waals surface area contributed by atoms with E-state index in [-0.39, 0.29) is 0 Å². The molecule has 0 aliphatic rings. The van der Waals surface area contributed by atoms with Gasteiger partial charge in [-0.05, 0) is 18.4 Å². The molecule has 0 spiro atoms. The third-order valence-corrected chi connectivity index (χ3v) is 2.25. The number of likely N-dealkylation sites (N-methyl/N-ethyl adjacent to an activating group) is 1. The van der Waals surface area contributed by atoms with Crippen molar-refractivity contribution in [1.29, 1.82) is 0 Å². The predicted octanol–water partition coefficient (Wildman–Crippen LogP) is 2.44. The van der Waals surface area contributed by atoms with Crippen LogP contribution in [0.15, 0.2) is 12.2 Å². The Morgan fingerprint density at radius 2 is 1.91 bits per heavy atom. The van der Waals surface area contributed by atoms with E-state index in [0.717, 1.165) is 13.1 Å². The highest BCUT2D eigenvalue weighted by molar-refractivity contribution is 5.02. The van der Waals surface area contributed by atoms with Gasteiger partial charge in [0.2, 0.25) is 0 Å². The maximum atomic E-state index is 4.05. The lowest BCUT2D eigenvalue weighted by Gasteiger charge is -2.18. The van der Waals surface area contributed by atoms with Crippen LogP contribution >= 0.6 is 0 Å². The SMILES string of the molecule is C=C(CNCC)C(C)C(C)C. The molecule has 0 aromatic heterocycles. The highest BCUT2D eigenvalue weighted by atomic mass is 14.8. The summed E-state index contributed by atoms with van der Waals surface area (Å²) in [5.41, 5.74) is 1.32. The van der Waals surface area contributed by atoms with Crippen molar-refractivity contribution in [3.8, 4) is 0 Å². The molecule has 0 amide bonds. The van der Waals surface area contributed by atoms with Crippen LogP contribution in [0.25, 0.3) is 0 Å². The summed E-state index contributed by atoms with van der Waals surface area (Å²) < 4.78 is 0. The molecular weight excluding hydrogens is 134 g/mol. The number of rotatable bonds is 5. The van der Waals surface area contributed by atoms with Gasteiger partial charge < -0.3 is 5.32 Å². The molecule has 66 valence electrons. The molecule has 0 aromatic rings. The van der Waals surface area contributed by atoms with E-state index in [2.05, 4.69) is 39.6 Å². The van der Waals surface area contributed by atoms with Crippen molar-refractivity contribution in [3.63, 3.8) is 0 Å². The van der Waals surface area contributed by atoms with Crippen molar-refractivity contribution in [2.75, 3.05) is 13.1 Å². The minimum absolute atomic E-state index is 0.633. The van der Waals surface area contributed by atoms with E-state index in [1.807, 2.05) is 0 Å². The fourth-order valence-corrected chi connectivity index (χ4v) is 0.918. The Morgan fingerprint density at radius 1 is 1.36 bits per heavy atom. The van der Waals surface area contributed by atoms with Crippen molar-refractivity contribution in [2.45, 2.75) is 27.7 Å². The third-order valence-electron chi connectivity index (χ3n) is 2.25. The minimum atomic E-state index is 0.633. The monoisotopic (exact) mass is 155 g/mol. The first-order chi connectivity index (χ1) is 5.09. The molecular formula is C10H21N. The normalized spacial score (nSPS) is 13.5. The van der Waals surface area contributed by atoms with Gasteiger partial charge in [-0.1, -0.05) is 39.8 Å². The molecule has 0 saturated carbocycles. The van der Waals surface area contributed by atoms with Crippen molar-refractivity contribution >= 4 is 0 Å². The summed E-state index contributed by atoms with van der Waals surface area (Å²) in [6, 6.07) is 0. The Balaban J connectivity index is 3.64. The Bertz CT molecular complexity index is 116. The Labute approximate surface area is 70.9 Å². The zero-order valence-electron chi connectivity index (χ0n) is 8.28. The lowest BCUT2D eigenvalue weighted by Crippen LogP contribution is -2.20. The number of nitrogens with one attached hydrogen (secondary N) is 1. The molecule has 1 nitrogen and oxygen atoms in total. The van der Waals surface area contributed by atoms with E-state index in [4.69, 9.17) is 0 Å². The summed E-state index contributed by atoms with van der Waals surface area (Å²) in [4.78, 5) is 0. The number of hydrogen-bond donors (Lipinski definition) is 1. The first-order valence-electron chi connectivity index (χ1n) is 4.48. The van der Waals surface area contributed by atoms with Crippen LogP contribution in [0.4, 0.5) is 0 Å². The first kappa shape index (κ1) is 10.7. The summed E-state index contributed by atoms with van der Waals surface area (Å²) in [6.07, 6.45) is 0. The largest absolute Gasteiger partial charge is 0.313 e. The van der Waals surface area contributed by atoms with Gasteiger partial charge in [0.05, 0.1) is 0 Å². The van der Waals surface area contributed by atoms with Gasteiger partial charge in [0.1, 0.15) is 0 Å². The maximum absolute atomic E-state index is 4.05. The molecule has 1 N–H and O–H groups in total. The van der Waals surface area contributed by atoms with E-state index in [1.165, 1.54) is 5.57 Å². The third kappa shape index (κ3) is 4.20. The second-order valence-corrected chi connectivity index (χ2v) is 3.47. The summed E-state index contributed by atoms with van der Waals surface area (Å²) >= 11 is 0. The van der Waals surface area contributed by atoms with Crippen LogP contribution in [0.3, 0.4) is 0 Å². The average Bonchev–Trinajstić information content (AvgIpc) is 1.98. The van der Waals surface area contributed by atoms with Crippen LogP contribution in [-0.4, -0.2) is 13.1 Å². The highest BCUT2D eigenvalue weighted by Crippen LogP contribution is 2.16. The molecule has 0 bridgehead atoms. The predicted molar refractivity (Wildman–Crippen MR) is 51.7 cm³/mol. The zero-order chi connectivity index (χ0) is 8.85. The Hall–Kier alpha value is -0.300. The molecule has 1 unspecified atom stereocenters. The van der Waals surface area contributed by atoms with E-state index >= 15 is 0 Å². The average molecular weight is 155 g/mol.